The van der Waals surface area contributed by atoms with Gasteiger partial charge in [-0.15, -0.1) is 0 Å². The Balaban J connectivity index is 2.00. The van der Waals surface area contributed by atoms with Crippen molar-refractivity contribution >= 4 is 54.8 Å². The van der Waals surface area contributed by atoms with Crippen LogP contribution in [-0.4, -0.2) is 14.3 Å². The van der Waals surface area contributed by atoms with Gasteiger partial charge >= 0.3 is 0 Å². The third-order valence-corrected chi connectivity index (χ3v) is 5.57. The fraction of sp³-hybridized carbons (Fsp3) is 0.0714. The molecule has 2 aromatic rings. The molecule has 1 heterocycles. The van der Waals surface area contributed by atoms with E-state index < -0.39 is 15.8 Å². The predicted molar refractivity (Wildman–Crippen MR) is 88.7 cm³/mol. The second-order valence-electron chi connectivity index (χ2n) is 4.89. The Morgan fingerprint density at radius 3 is 2.70 bits per heavy atom. The van der Waals surface area contributed by atoms with E-state index in [4.69, 9.17) is 11.6 Å². The highest BCUT2D eigenvalue weighted by molar-refractivity contribution is 9.10. The zero-order valence-electron chi connectivity index (χ0n) is 11.4. The van der Waals surface area contributed by atoms with Gasteiger partial charge in [-0.2, -0.15) is 0 Å². The summed E-state index contributed by atoms with van der Waals surface area (Å²) in [6.45, 7) is 0. The number of sulfonamides is 1. The maximum absolute atomic E-state index is 13.8. The van der Waals surface area contributed by atoms with Gasteiger partial charge < -0.3 is 5.32 Å². The van der Waals surface area contributed by atoms with Crippen LogP contribution >= 0.6 is 27.5 Å². The van der Waals surface area contributed by atoms with E-state index in [1.54, 1.807) is 0 Å². The molecule has 0 radical (unpaired) electrons. The Morgan fingerprint density at radius 1 is 1.26 bits per heavy atom. The lowest BCUT2D eigenvalue weighted by atomic mass is 10.2. The zero-order valence-corrected chi connectivity index (χ0v) is 14.5. The summed E-state index contributed by atoms with van der Waals surface area (Å²) in [6, 6.07) is 6.63. The minimum absolute atomic E-state index is 0.0593. The summed E-state index contributed by atoms with van der Waals surface area (Å²) in [5.41, 5.74) is 0.809. The summed E-state index contributed by atoms with van der Waals surface area (Å²) < 4.78 is 41.4. The quantitative estimate of drug-likeness (QED) is 0.799. The number of hydrogen-bond donors (Lipinski definition) is 2. The van der Waals surface area contributed by atoms with Crippen molar-refractivity contribution in [1.82, 2.24) is 0 Å². The van der Waals surface area contributed by atoms with Crippen LogP contribution in [0.3, 0.4) is 0 Å². The molecule has 0 saturated carbocycles. The molecule has 0 atom stereocenters. The van der Waals surface area contributed by atoms with Crippen LogP contribution in [0.5, 0.6) is 0 Å². The van der Waals surface area contributed by atoms with Crippen molar-refractivity contribution in [3.8, 4) is 0 Å². The number of halogens is 3. The Morgan fingerprint density at radius 2 is 2.00 bits per heavy atom. The molecule has 2 aromatic carbocycles. The summed E-state index contributed by atoms with van der Waals surface area (Å²) in [7, 11) is -4.09. The molecule has 0 spiro atoms. The number of rotatable bonds is 3. The van der Waals surface area contributed by atoms with E-state index in [0.717, 1.165) is 6.07 Å². The molecule has 0 fully saturated rings. The maximum Gasteiger partial charge on any atom is 0.263 e. The van der Waals surface area contributed by atoms with Crippen molar-refractivity contribution in [3.05, 3.63) is 51.2 Å². The van der Waals surface area contributed by atoms with Crippen molar-refractivity contribution in [2.45, 2.75) is 11.3 Å². The van der Waals surface area contributed by atoms with Gasteiger partial charge in [0.15, 0.2) is 0 Å². The zero-order chi connectivity index (χ0) is 16.8. The molecule has 120 valence electrons. The van der Waals surface area contributed by atoms with Crippen molar-refractivity contribution in [2.24, 2.45) is 0 Å². The van der Waals surface area contributed by atoms with Crippen molar-refractivity contribution in [1.29, 1.82) is 0 Å². The fourth-order valence-electron chi connectivity index (χ4n) is 2.20. The molecule has 0 bridgehead atoms. The molecule has 3 rings (SSSR count). The standard InChI is InChI=1S/C14H9BrClFN2O3S/c15-8-1-2-11(10(17)5-8)19-23(21,22)13-3-7-4-14(20)18-12(7)6-9(13)16/h1-3,5-6,19H,4H2,(H,18,20). The summed E-state index contributed by atoms with van der Waals surface area (Å²) in [6.07, 6.45) is 0.0711. The summed E-state index contributed by atoms with van der Waals surface area (Å²) in [5.74, 6) is -0.963. The van der Waals surface area contributed by atoms with Gasteiger partial charge in [0.25, 0.3) is 10.0 Å². The summed E-state index contributed by atoms with van der Waals surface area (Å²) >= 11 is 9.09. The van der Waals surface area contributed by atoms with Crippen LogP contribution in [0.25, 0.3) is 0 Å². The number of benzene rings is 2. The number of carbonyl (C=O) groups excluding carboxylic acids is 1. The van der Waals surface area contributed by atoms with E-state index in [2.05, 4.69) is 26.0 Å². The molecule has 0 aliphatic carbocycles. The van der Waals surface area contributed by atoms with Crippen molar-refractivity contribution in [2.75, 3.05) is 10.0 Å². The van der Waals surface area contributed by atoms with Crippen LogP contribution in [0.1, 0.15) is 5.56 Å². The molecule has 0 unspecified atom stereocenters. The van der Waals surface area contributed by atoms with Crippen molar-refractivity contribution in [3.63, 3.8) is 0 Å². The Bertz CT molecular complexity index is 934. The van der Waals surface area contributed by atoms with Gasteiger partial charge in [0.05, 0.1) is 17.1 Å². The number of hydrogen-bond acceptors (Lipinski definition) is 3. The van der Waals surface area contributed by atoms with E-state index in [-0.39, 0.29) is 27.9 Å². The first-order valence-corrected chi connectivity index (χ1v) is 9.02. The third kappa shape index (κ3) is 3.19. The van der Waals surface area contributed by atoms with Crippen LogP contribution in [0.2, 0.25) is 5.02 Å². The van der Waals surface area contributed by atoms with Gasteiger partial charge in [0.2, 0.25) is 5.91 Å². The second kappa shape index (κ2) is 5.77. The molecule has 1 aliphatic rings. The monoisotopic (exact) mass is 418 g/mol. The number of anilines is 2. The van der Waals surface area contributed by atoms with E-state index in [1.165, 1.54) is 24.3 Å². The number of fused-ring (bicyclic) bond motifs is 1. The molecule has 9 heteroatoms. The lowest BCUT2D eigenvalue weighted by Gasteiger charge is -2.12. The predicted octanol–water partition coefficient (Wildman–Crippen LogP) is 3.54. The van der Waals surface area contributed by atoms with Gasteiger partial charge in [-0.1, -0.05) is 27.5 Å². The third-order valence-electron chi connectivity index (χ3n) is 3.25. The van der Waals surface area contributed by atoms with Crippen LogP contribution in [0.4, 0.5) is 15.8 Å². The SMILES string of the molecule is O=C1Cc2cc(S(=O)(=O)Nc3ccc(Br)cc3F)c(Cl)cc2N1. The number of carbonyl (C=O) groups is 1. The van der Waals surface area contributed by atoms with Crippen molar-refractivity contribution < 1.29 is 17.6 Å². The largest absolute Gasteiger partial charge is 0.325 e. The maximum atomic E-state index is 13.8. The number of nitrogens with one attached hydrogen (secondary N) is 2. The Hall–Kier alpha value is -1.64. The smallest absolute Gasteiger partial charge is 0.263 e. The Kier molecular flexibility index (Phi) is 4.07. The Labute approximate surface area is 145 Å². The molecule has 2 N–H and O–H groups in total. The van der Waals surface area contributed by atoms with E-state index in [9.17, 15) is 17.6 Å². The molecular weight excluding hydrogens is 411 g/mol. The molecule has 5 nitrogen and oxygen atoms in total. The minimum Gasteiger partial charge on any atom is -0.325 e. The van der Waals surface area contributed by atoms with Crippen LogP contribution < -0.4 is 10.0 Å². The van der Waals surface area contributed by atoms with Crippen LogP contribution in [-0.2, 0) is 21.2 Å². The van der Waals surface area contributed by atoms with Gasteiger partial charge in [0.1, 0.15) is 10.7 Å². The highest BCUT2D eigenvalue weighted by Gasteiger charge is 2.25. The number of amides is 1. The average Bonchev–Trinajstić information content (AvgIpc) is 2.80. The minimum atomic E-state index is -4.09. The summed E-state index contributed by atoms with van der Waals surface area (Å²) in [5, 5.41) is 2.52. The van der Waals surface area contributed by atoms with E-state index in [1.807, 2.05) is 0 Å². The molecule has 0 aromatic heterocycles. The van der Waals surface area contributed by atoms with Gasteiger partial charge in [0, 0.05) is 10.2 Å². The van der Waals surface area contributed by atoms with E-state index in [0.29, 0.717) is 15.7 Å². The highest BCUT2D eigenvalue weighted by atomic mass is 79.9. The molecule has 1 aliphatic heterocycles. The van der Waals surface area contributed by atoms with Gasteiger partial charge in [-0.3, -0.25) is 9.52 Å². The highest BCUT2D eigenvalue weighted by Crippen LogP contribution is 2.33. The normalized spacial score (nSPS) is 13.6. The summed E-state index contributed by atoms with van der Waals surface area (Å²) in [4.78, 5) is 11.2. The first kappa shape index (κ1) is 16.2. The lowest BCUT2D eigenvalue weighted by molar-refractivity contribution is -0.115. The fourth-order valence-corrected chi connectivity index (χ4v) is 4.18. The molecule has 0 saturated heterocycles. The molecule has 23 heavy (non-hydrogen) atoms. The topological polar surface area (TPSA) is 75.3 Å². The second-order valence-corrected chi connectivity index (χ2v) is 7.87. The first-order valence-electron chi connectivity index (χ1n) is 6.36. The first-order chi connectivity index (χ1) is 10.8. The lowest BCUT2D eigenvalue weighted by Crippen LogP contribution is -2.14. The van der Waals surface area contributed by atoms with Crippen LogP contribution in [0, 0.1) is 5.82 Å². The molecule has 1 amide bonds. The molecular formula is C14H9BrClFN2O3S. The van der Waals surface area contributed by atoms with Crippen LogP contribution in [0.15, 0.2) is 39.7 Å². The van der Waals surface area contributed by atoms with Gasteiger partial charge in [-0.05, 0) is 35.9 Å². The van der Waals surface area contributed by atoms with E-state index >= 15 is 0 Å². The van der Waals surface area contributed by atoms with Gasteiger partial charge in [-0.25, -0.2) is 12.8 Å². The average molecular weight is 420 g/mol.